The summed E-state index contributed by atoms with van der Waals surface area (Å²) in [7, 11) is 0. The van der Waals surface area contributed by atoms with Crippen LogP contribution in [0.2, 0.25) is 0 Å². The lowest BCUT2D eigenvalue weighted by atomic mass is 9.90. The molecule has 0 aliphatic carbocycles. The van der Waals surface area contributed by atoms with E-state index in [-0.39, 0.29) is 45.7 Å². The molecule has 0 bridgehead atoms. The second-order valence-electron chi connectivity index (χ2n) is 10.8. The number of aromatic hydroxyl groups is 2. The van der Waals surface area contributed by atoms with Gasteiger partial charge in [0.25, 0.3) is 11.8 Å². The first-order valence-electron chi connectivity index (χ1n) is 14.4. The fraction of sp³-hybridized carbons (Fsp3) is 0.0270. The second-order valence-corrected chi connectivity index (χ2v) is 10.8. The molecule has 0 aromatic heterocycles. The lowest BCUT2D eigenvalue weighted by molar-refractivity contribution is 0.0686. The van der Waals surface area contributed by atoms with Crippen molar-refractivity contribution < 1.29 is 39.6 Å². The van der Waals surface area contributed by atoms with Crippen molar-refractivity contribution in [1.29, 1.82) is 0 Å². The van der Waals surface area contributed by atoms with E-state index in [2.05, 4.69) is 10.6 Å². The van der Waals surface area contributed by atoms with Gasteiger partial charge >= 0.3 is 11.9 Å². The predicted molar refractivity (Wildman–Crippen MR) is 177 cm³/mol. The molecule has 0 atom stereocenters. The number of carbonyl (C=O) groups is 4. The van der Waals surface area contributed by atoms with Crippen LogP contribution in [0.15, 0.2) is 109 Å². The predicted octanol–water partition coefficient (Wildman–Crippen LogP) is 6.90. The van der Waals surface area contributed by atoms with E-state index in [0.717, 1.165) is 0 Å². The Kier molecular flexibility index (Phi) is 7.99. The number of amides is 2. The number of anilines is 2. The molecule has 0 saturated heterocycles. The van der Waals surface area contributed by atoms with Gasteiger partial charge in [-0.05, 0) is 82.2 Å². The van der Waals surface area contributed by atoms with E-state index < -0.39 is 29.5 Å². The van der Waals surface area contributed by atoms with Crippen molar-refractivity contribution in [2.24, 2.45) is 0 Å². The summed E-state index contributed by atoms with van der Waals surface area (Å²) in [5.74, 6) is -4.26. The minimum atomic E-state index is -1.18. The van der Waals surface area contributed by atoms with Crippen molar-refractivity contribution in [3.8, 4) is 11.5 Å². The molecule has 0 heterocycles. The largest absolute Gasteiger partial charge is 0.507 e. The highest BCUT2D eigenvalue weighted by atomic mass is 16.4. The Morgan fingerprint density at radius 1 is 0.532 bits per heavy atom. The Morgan fingerprint density at radius 2 is 1.06 bits per heavy atom. The SMILES string of the molecule is O=C(O)c1ccc2c(Cc3c(O)c(C(=O)Nc4ccccc4)cc4cc(C(=O)O)ccc34)c(O)c(NC(=O)c3ccccc3)cc2c1. The van der Waals surface area contributed by atoms with Crippen molar-refractivity contribution in [2.45, 2.75) is 6.42 Å². The van der Waals surface area contributed by atoms with Crippen molar-refractivity contribution in [1.82, 2.24) is 0 Å². The first-order chi connectivity index (χ1) is 22.6. The molecule has 0 spiro atoms. The fourth-order valence-electron chi connectivity index (χ4n) is 5.51. The average molecular weight is 627 g/mol. The van der Waals surface area contributed by atoms with Crippen LogP contribution < -0.4 is 10.6 Å². The molecule has 47 heavy (non-hydrogen) atoms. The van der Waals surface area contributed by atoms with E-state index >= 15 is 0 Å². The molecule has 6 N–H and O–H groups in total. The van der Waals surface area contributed by atoms with Gasteiger partial charge < -0.3 is 31.1 Å². The molecule has 0 radical (unpaired) electrons. The maximum absolute atomic E-state index is 13.5. The summed E-state index contributed by atoms with van der Waals surface area (Å²) in [5.41, 5.74) is 1.02. The molecule has 10 nitrogen and oxygen atoms in total. The van der Waals surface area contributed by atoms with Crippen molar-refractivity contribution in [3.63, 3.8) is 0 Å². The summed E-state index contributed by atoms with van der Waals surface area (Å²) in [4.78, 5) is 50.1. The summed E-state index contributed by atoms with van der Waals surface area (Å²) >= 11 is 0. The minimum absolute atomic E-state index is 0.00109. The molecule has 0 aliphatic heterocycles. The smallest absolute Gasteiger partial charge is 0.335 e. The van der Waals surface area contributed by atoms with Crippen LogP contribution in [0.3, 0.4) is 0 Å². The second kappa shape index (κ2) is 12.4. The third-order valence-corrected chi connectivity index (χ3v) is 7.84. The standard InChI is InChI=1S/C37H26N2O8/c40-32-28(26-13-11-21(36(44)45)15-23(26)17-30(32)35(43)38-25-9-5-2-6-10-25)19-29-27-14-12-22(37(46)47)16-24(27)18-31(33(29)41)39-34(42)20-7-3-1-4-8-20/h1-18,40-41H,19H2,(H,38,43)(H,39,42)(H,44,45)(H,46,47). The van der Waals surface area contributed by atoms with E-state index in [9.17, 15) is 39.6 Å². The number of benzene rings is 6. The van der Waals surface area contributed by atoms with Gasteiger partial charge in [0.2, 0.25) is 0 Å². The van der Waals surface area contributed by atoms with Crippen molar-refractivity contribution in [3.05, 3.63) is 143 Å². The zero-order valence-corrected chi connectivity index (χ0v) is 24.5. The molecule has 0 aliphatic rings. The van der Waals surface area contributed by atoms with Gasteiger partial charge in [0.15, 0.2) is 0 Å². The van der Waals surface area contributed by atoms with Gasteiger partial charge in [-0.15, -0.1) is 0 Å². The Bertz CT molecular complexity index is 2230. The number of aromatic carboxylic acids is 2. The molecule has 6 rings (SSSR count). The van der Waals surface area contributed by atoms with Gasteiger partial charge in [-0.25, -0.2) is 9.59 Å². The van der Waals surface area contributed by atoms with E-state index in [1.165, 1.54) is 48.5 Å². The highest BCUT2D eigenvalue weighted by Gasteiger charge is 2.23. The Balaban J connectivity index is 1.54. The van der Waals surface area contributed by atoms with Crippen LogP contribution >= 0.6 is 0 Å². The molecule has 10 heteroatoms. The van der Waals surface area contributed by atoms with Crippen LogP contribution in [0.25, 0.3) is 21.5 Å². The summed E-state index contributed by atoms with van der Waals surface area (Å²) < 4.78 is 0. The molecule has 0 unspecified atom stereocenters. The summed E-state index contributed by atoms with van der Waals surface area (Å²) in [5, 5.41) is 49.5. The highest BCUT2D eigenvalue weighted by Crippen LogP contribution is 2.41. The quantitative estimate of drug-likeness (QED) is 0.0990. The molecule has 6 aromatic carbocycles. The molecule has 0 saturated carbocycles. The first-order valence-corrected chi connectivity index (χ1v) is 14.4. The molecular formula is C37H26N2O8. The van der Waals surface area contributed by atoms with Gasteiger partial charge in [-0.1, -0.05) is 48.5 Å². The number of hydrogen-bond donors (Lipinski definition) is 6. The number of fused-ring (bicyclic) bond motifs is 2. The van der Waals surface area contributed by atoms with Gasteiger partial charge in [-0.3, -0.25) is 9.59 Å². The van der Waals surface area contributed by atoms with E-state index in [0.29, 0.717) is 32.8 Å². The van der Waals surface area contributed by atoms with Crippen LogP contribution in [0, 0.1) is 0 Å². The number of carboxylic acids is 2. The molecule has 6 aromatic rings. The topological polar surface area (TPSA) is 173 Å². The summed E-state index contributed by atoms with van der Waals surface area (Å²) in [6.45, 7) is 0. The molecular weight excluding hydrogens is 600 g/mol. The average Bonchev–Trinajstić information content (AvgIpc) is 3.07. The van der Waals surface area contributed by atoms with Crippen LogP contribution in [0.5, 0.6) is 11.5 Å². The van der Waals surface area contributed by atoms with E-state index in [4.69, 9.17) is 0 Å². The summed E-state index contributed by atoms with van der Waals surface area (Å²) in [6.07, 6.45) is -0.189. The molecule has 2 amide bonds. The van der Waals surface area contributed by atoms with Gasteiger partial charge in [0.05, 0.1) is 22.4 Å². The zero-order valence-electron chi connectivity index (χ0n) is 24.5. The maximum Gasteiger partial charge on any atom is 0.335 e. The van der Waals surface area contributed by atoms with Crippen molar-refractivity contribution in [2.75, 3.05) is 10.6 Å². The maximum atomic E-state index is 13.5. The number of rotatable bonds is 8. The number of phenolic OH excluding ortho intramolecular Hbond substituents is 2. The molecule has 232 valence electrons. The normalized spacial score (nSPS) is 10.9. The third kappa shape index (κ3) is 6.03. The van der Waals surface area contributed by atoms with E-state index in [1.54, 1.807) is 60.7 Å². The van der Waals surface area contributed by atoms with Crippen LogP contribution in [0.4, 0.5) is 11.4 Å². The lowest BCUT2D eigenvalue weighted by Gasteiger charge is -2.18. The van der Waals surface area contributed by atoms with Crippen molar-refractivity contribution >= 4 is 56.7 Å². The van der Waals surface area contributed by atoms with Gasteiger partial charge in [-0.2, -0.15) is 0 Å². The van der Waals surface area contributed by atoms with Gasteiger partial charge in [0, 0.05) is 28.8 Å². The highest BCUT2D eigenvalue weighted by molar-refractivity contribution is 6.11. The number of nitrogens with one attached hydrogen (secondary N) is 2. The first kappa shape index (κ1) is 30.4. The van der Waals surface area contributed by atoms with Gasteiger partial charge in [0.1, 0.15) is 11.5 Å². The fourth-order valence-corrected chi connectivity index (χ4v) is 5.51. The summed E-state index contributed by atoms with van der Waals surface area (Å²) in [6, 6.07) is 28.3. The Morgan fingerprint density at radius 3 is 1.64 bits per heavy atom. The number of hydrogen-bond acceptors (Lipinski definition) is 6. The van der Waals surface area contributed by atoms with Crippen LogP contribution in [-0.4, -0.2) is 44.2 Å². The van der Waals surface area contributed by atoms with E-state index in [1.807, 2.05) is 0 Å². The number of carboxylic acid groups (broad SMARTS) is 2. The third-order valence-electron chi connectivity index (χ3n) is 7.84. The Labute approximate surface area is 267 Å². The van der Waals surface area contributed by atoms with Crippen LogP contribution in [0.1, 0.15) is 52.6 Å². The lowest BCUT2D eigenvalue weighted by Crippen LogP contribution is -2.13. The Hall–Kier alpha value is -6.68. The number of carbonyl (C=O) groups excluding carboxylic acids is 2. The van der Waals surface area contributed by atoms with Crippen LogP contribution in [-0.2, 0) is 6.42 Å². The molecule has 0 fully saturated rings. The number of phenols is 2. The number of para-hydroxylation sites is 1. The monoisotopic (exact) mass is 626 g/mol. The zero-order chi connectivity index (χ0) is 33.2. The minimum Gasteiger partial charge on any atom is -0.507 e.